The van der Waals surface area contributed by atoms with Crippen LogP contribution in [0.4, 0.5) is 0 Å². The summed E-state index contributed by atoms with van der Waals surface area (Å²) in [5.74, 6) is 0. The second-order valence-corrected chi connectivity index (χ2v) is 14.8. The van der Waals surface area contributed by atoms with Crippen molar-refractivity contribution in [3.05, 3.63) is 81.3 Å². The Hall–Kier alpha value is -0.433. The summed E-state index contributed by atoms with van der Waals surface area (Å²) >= 11 is 14.8. The van der Waals surface area contributed by atoms with Gasteiger partial charge in [-0.3, -0.25) is 9.13 Å². The Morgan fingerprint density at radius 1 is 0.862 bits per heavy atom. The highest BCUT2D eigenvalue weighted by Gasteiger charge is 2.58. The first-order valence-electron chi connectivity index (χ1n) is 10.3. The van der Waals surface area contributed by atoms with E-state index in [1.54, 1.807) is 0 Å². The van der Waals surface area contributed by atoms with Gasteiger partial charge in [-0.05, 0) is 48.2 Å². The van der Waals surface area contributed by atoms with Crippen LogP contribution in [-0.2, 0) is 13.1 Å². The molecule has 1 heterocycles. The molecule has 0 N–H and O–H groups in total. The average molecular weight is 555 g/mol. The number of fused-ring (bicyclic) bond motifs is 1. The molecule has 2 nitrogen and oxygen atoms in total. The molecule has 1 saturated carbocycles. The lowest BCUT2D eigenvalue weighted by atomic mass is 9.90. The lowest BCUT2D eigenvalue weighted by Gasteiger charge is -2.37. The van der Waals surface area contributed by atoms with Crippen molar-refractivity contribution in [2.45, 2.75) is 56.9 Å². The fraction of sp³-hybridized carbons (Fsp3) is 0.391. The van der Waals surface area contributed by atoms with Crippen molar-refractivity contribution >= 4 is 50.6 Å². The van der Waals surface area contributed by atoms with Crippen molar-refractivity contribution in [1.82, 2.24) is 9.13 Å². The summed E-state index contributed by atoms with van der Waals surface area (Å²) in [6.07, 6.45) is 7.15. The fourth-order valence-corrected chi connectivity index (χ4v) is 10.6. The molecule has 154 valence electrons. The molecule has 2 fully saturated rings. The maximum Gasteiger partial charge on any atom is 0.312 e. The fourth-order valence-electron chi connectivity index (χ4n) is 4.96. The molecule has 2 aliphatic rings. The number of halogens is 3. The molecule has 2 aromatic carbocycles. The first-order valence-corrected chi connectivity index (χ1v) is 15.0. The molecule has 3 atom stereocenters. The highest BCUT2D eigenvalue weighted by atomic mass is 79.9. The number of rotatable bonds is 6. The predicted molar refractivity (Wildman–Crippen MR) is 132 cm³/mol. The molecular formula is C23H27Br2ClN2Si. The summed E-state index contributed by atoms with van der Waals surface area (Å²) in [5.41, 5.74) is 2.68. The van der Waals surface area contributed by atoms with Gasteiger partial charge in [-0.25, -0.2) is 0 Å². The van der Waals surface area contributed by atoms with E-state index in [9.17, 15) is 0 Å². The van der Waals surface area contributed by atoms with Crippen LogP contribution in [-0.4, -0.2) is 28.9 Å². The number of hydrogen-bond acceptors (Lipinski definition) is 2. The van der Waals surface area contributed by atoms with Crippen molar-refractivity contribution < 1.29 is 0 Å². The molecule has 1 aliphatic carbocycles. The zero-order chi connectivity index (χ0) is 20.4. The van der Waals surface area contributed by atoms with Crippen molar-refractivity contribution in [3.8, 4) is 0 Å². The van der Waals surface area contributed by atoms with Crippen molar-refractivity contribution in [3.63, 3.8) is 0 Å². The van der Waals surface area contributed by atoms with Gasteiger partial charge in [-0.1, -0.05) is 75.0 Å². The van der Waals surface area contributed by atoms with Crippen LogP contribution in [0, 0.1) is 0 Å². The molecule has 0 amide bonds. The lowest BCUT2D eigenvalue weighted by Crippen LogP contribution is -2.55. The molecule has 6 heteroatoms. The van der Waals surface area contributed by atoms with Crippen LogP contribution in [0.25, 0.3) is 0 Å². The first kappa shape index (κ1) is 21.8. The number of nitrogens with zero attached hydrogens (tertiary/aromatic N) is 2. The third-order valence-corrected chi connectivity index (χ3v) is 12.7. The van der Waals surface area contributed by atoms with Crippen LogP contribution < -0.4 is 0 Å². The molecule has 2 aromatic rings. The van der Waals surface area contributed by atoms with E-state index in [0.717, 1.165) is 28.1 Å². The minimum absolute atomic E-state index is 0.548. The Morgan fingerprint density at radius 2 is 1.28 bits per heavy atom. The smallest absolute Gasteiger partial charge is 0.291 e. The third-order valence-electron chi connectivity index (χ3n) is 6.31. The van der Waals surface area contributed by atoms with Crippen molar-refractivity contribution in [1.29, 1.82) is 0 Å². The van der Waals surface area contributed by atoms with Crippen LogP contribution in [0.2, 0.25) is 6.04 Å². The summed E-state index contributed by atoms with van der Waals surface area (Å²) in [6, 6.07) is 19.4. The molecule has 0 spiro atoms. The third kappa shape index (κ3) is 4.60. The second-order valence-electron chi connectivity index (χ2n) is 8.14. The van der Waals surface area contributed by atoms with E-state index >= 15 is 0 Å². The Balaban J connectivity index is 1.67. The molecule has 1 saturated heterocycles. The number of benzene rings is 2. The minimum atomic E-state index is -2.37. The van der Waals surface area contributed by atoms with Gasteiger partial charge in [0.1, 0.15) is 0 Å². The molecule has 4 rings (SSSR count). The zero-order valence-electron chi connectivity index (χ0n) is 16.5. The van der Waals surface area contributed by atoms with E-state index in [2.05, 4.69) is 96.1 Å². The Bertz CT molecular complexity index is 779. The van der Waals surface area contributed by atoms with Crippen LogP contribution in [0.5, 0.6) is 0 Å². The summed E-state index contributed by atoms with van der Waals surface area (Å²) in [7, 11) is -2.37. The minimum Gasteiger partial charge on any atom is -0.291 e. The van der Waals surface area contributed by atoms with E-state index in [-0.39, 0.29) is 0 Å². The van der Waals surface area contributed by atoms with Crippen LogP contribution in [0.3, 0.4) is 0 Å². The Morgan fingerprint density at radius 3 is 1.66 bits per heavy atom. The van der Waals surface area contributed by atoms with Crippen LogP contribution in [0.15, 0.2) is 70.1 Å². The van der Waals surface area contributed by atoms with Gasteiger partial charge in [0.25, 0.3) is 0 Å². The molecular weight excluding hydrogens is 528 g/mol. The Labute approximate surface area is 197 Å². The monoisotopic (exact) mass is 552 g/mol. The van der Waals surface area contributed by atoms with Gasteiger partial charge in [0, 0.05) is 40.2 Å². The van der Waals surface area contributed by atoms with Gasteiger partial charge < -0.3 is 0 Å². The SMILES string of the molecule is C=CC[Si]1(Cl)N(Cc2ccc(Br)cc2)C2CCCC[C@H]2N1Cc1ccc(Br)cc1. The largest absolute Gasteiger partial charge is 0.312 e. The van der Waals surface area contributed by atoms with E-state index < -0.39 is 7.71 Å². The second kappa shape index (κ2) is 9.37. The van der Waals surface area contributed by atoms with Crippen LogP contribution >= 0.6 is 42.9 Å². The molecule has 2 unspecified atom stereocenters. The van der Waals surface area contributed by atoms with E-state index in [0.29, 0.717) is 12.1 Å². The van der Waals surface area contributed by atoms with Gasteiger partial charge in [-0.2, -0.15) is 0 Å². The zero-order valence-corrected chi connectivity index (χ0v) is 21.5. The molecule has 0 bridgehead atoms. The van der Waals surface area contributed by atoms with Crippen molar-refractivity contribution in [2.24, 2.45) is 0 Å². The van der Waals surface area contributed by atoms with E-state index in [1.165, 1.54) is 36.8 Å². The predicted octanol–water partition coefficient (Wildman–Crippen LogP) is 7.20. The van der Waals surface area contributed by atoms with Gasteiger partial charge in [0.05, 0.1) is 0 Å². The molecule has 1 aliphatic heterocycles. The molecule has 0 radical (unpaired) electrons. The maximum absolute atomic E-state index is 7.64. The topological polar surface area (TPSA) is 6.48 Å². The van der Waals surface area contributed by atoms with Gasteiger partial charge in [-0.15, -0.1) is 17.7 Å². The van der Waals surface area contributed by atoms with E-state index in [4.69, 9.17) is 11.1 Å². The standard InChI is InChI=1S/C23H27Br2ClN2Si/c1-2-15-29(26)27(16-18-7-11-20(24)12-8-18)22-5-3-4-6-23(22)28(29)17-19-9-13-21(25)14-10-19/h2,7-14,22-23H,1,3-6,15-17H2/t22-,23?,29?/m1/s1. The number of hydrogen-bond donors (Lipinski definition) is 0. The summed E-state index contributed by atoms with van der Waals surface area (Å²) < 4.78 is 7.61. The molecule has 0 aromatic heterocycles. The van der Waals surface area contributed by atoms with Gasteiger partial charge in [0.2, 0.25) is 0 Å². The average Bonchev–Trinajstić information content (AvgIpc) is 2.94. The molecule has 29 heavy (non-hydrogen) atoms. The normalized spacial score (nSPS) is 27.7. The van der Waals surface area contributed by atoms with E-state index in [1.807, 2.05) is 6.08 Å². The summed E-state index contributed by atoms with van der Waals surface area (Å²) in [5, 5.41) is 0. The van der Waals surface area contributed by atoms with Gasteiger partial charge in [0.15, 0.2) is 0 Å². The highest BCUT2D eigenvalue weighted by Crippen LogP contribution is 2.45. The van der Waals surface area contributed by atoms with Gasteiger partial charge >= 0.3 is 7.71 Å². The quantitative estimate of drug-likeness (QED) is 0.212. The number of allylic oxidation sites excluding steroid dienone is 1. The summed E-state index contributed by atoms with van der Waals surface area (Å²) in [6.45, 7) is 5.93. The highest BCUT2D eigenvalue weighted by molar-refractivity contribution is 9.10. The van der Waals surface area contributed by atoms with Crippen LogP contribution in [0.1, 0.15) is 36.8 Å². The first-order chi connectivity index (χ1) is 14.0. The van der Waals surface area contributed by atoms with Crippen molar-refractivity contribution in [2.75, 3.05) is 0 Å². The Kier molecular flexibility index (Phi) is 7.04. The summed E-state index contributed by atoms with van der Waals surface area (Å²) in [4.78, 5) is 0. The maximum atomic E-state index is 7.64. The lowest BCUT2D eigenvalue weighted by molar-refractivity contribution is 0.197.